The molecule has 1 saturated carbocycles. The molecule has 2 aliphatic rings. The number of amides is 1. The minimum Gasteiger partial charge on any atom is -0.353 e. The minimum atomic E-state index is -0.291. The summed E-state index contributed by atoms with van der Waals surface area (Å²) in [5.74, 6) is 0.911. The fourth-order valence-electron chi connectivity index (χ4n) is 4.60. The molecule has 0 spiro atoms. The van der Waals surface area contributed by atoms with Gasteiger partial charge in [0.15, 0.2) is 5.82 Å². The number of likely N-dealkylation sites (N-methyl/N-ethyl adjacent to an activating group) is 1. The summed E-state index contributed by atoms with van der Waals surface area (Å²) in [6.07, 6.45) is 7.38. The van der Waals surface area contributed by atoms with Crippen LogP contribution >= 0.6 is 0 Å². The van der Waals surface area contributed by atoms with Crippen LogP contribution < -0.4 is 4.90 Å². The normalized spacial score (nSPS) is 18.2. The van der Waals surface area contributed by atoms with Gasteiger partial charge in [-0.3, -0.25) is 4.79 Å². The van der Waals surface area contributed by atoms with Gasteiger partial charge < -0.3 is 14.7 Å². The Kier molecular flexibility index (Phi) is 6.80. The van der Waals surface area contributed by atoms with Gasteiger partial charge in [-0.1, -0.05) is 26.2 Å². The Morgan fingerprint density at radius 1 is 1.10 bits per heavy atom. The monoisotopic (exact) mass is 425 g/mol. The van der Waals surface area contributed by atoms with Crippen LogP contribution in [0.25, 0.3) is 11.4 Å². The summed E-state index contributed by atoms with van der Waals surface area (Å²) < 4.78 is 13.4. The molecule has 2 heterocycles. The number of carbonyl (C=O) groups excluding carboxylic acids is 1. The first kappa shape index (κ1) is 21.7. The van der Waals surface area contributed by atoms with E-state index in [4.69, 9.17) is 4.98 Å². The fraction of sp³-hybridized carbons (Fsp3) is 0.542. The number of benzene rings is 1. The summed E-state index contributed by atoms with van der Waals surface area (Å²) in [4.78, 5) is 29.3. The Balaban J connectivity index is 1.66. The molecule has 166 valence electrons. The Morgan fingerprint density at radius 3 is 2.42 bits per heavy atom. The van der Waals surface area contributed by atoms with Gasteiger partial charge in [-0.2, -0.15) is 0 Å². The second kappa shape index (κ2) is 9.73. The van der Waals surface area contributed by atoms with E-state index < -0.39 is 0 Å². The molecule has 31 heavy (non-hydrogen) atoms. The Bertz CT molecular complexity index is 889. The highest BCUT2D eigenvalue weighted by molar-refractivity contribution is 5.99. The van der Waals surface area contributed by atoms with Gasteiger partial charge in [-0.25, -0.2) is 14.4 Å². The molecule has 1 amide bonds. The maximum absolute atomic E-state index is 13.5. The van der Waals surface area contributed by atoms with Crippen molar-refractivity contribution in [2.24, 2.45) is 0 Å². The maximum atomic E-state index is 13.5. The lowest BCUT2D eigenvalue weighted by molar-refractivity contribution is 0.0696. The number of rotatable bonds is 5. The zero-order valence-electron chi connectivity index (χ0n) is 18.6. The molecule has 1 saturated heterocycles. The van der Waals surface area contributed by atoms with Crippen LogP contribution in [0, 0.1) is 5.82 Å². The average molecular weight is 426 g/mol. The van der Waals surface area contributed by atoms with Crippen LogP contribution in [0.5, 0.6) is 0 Å². The molecule has 7 heteroatoms. The van der Waals surface area contributed by atoms with Crippen LogP contribution in [0.2, 0.25) is 0 Å². The van der Waals surface area contributed by atoms with E-state index in [1.807, 2.05) is 11.9 Å². The van der Waals surface area contributed by atoms with Crippen molar-refractivity contribution in [1.82, 2.24) is 19.8 Å². The summed E-state index contributed by atoms with van der Waals surface area (Å²) >= 11 is 0. The summed E-state index contributed by atoms with van der Waals surface area (Å²) in [5, 5.41) is 0. The van der Waals surface area contributed by atoms with E-state index in [0.717, 1.165) is 51.1 Å². The lowest BCUT2D eigenvalue weighted by atomic mass is 9.94. The Hall–Kier alpha value is -2.54. The number of hydrogen-bond donors (Lipinski definition) is 0. The first-order valence-corrected chi connectivity index (χ1v) is 11.4. The molecule has 0 atom stereocenters. The molecule has 2 aromatic rings. The van der Waals surface area contributed by atoms with Gasteiger partial charge in [-0.05, 0) is 43.7 Å². The predicted molar refractivity (Wildman–Crippen MR) is 121 cm³/mol. The van der Waals surface area contributed by atoms with E-state index in [2.05, 4.69) is 21.7 Å². The summed E-state index contributed by atoms with van der Waals surface area (Å²) in [7, 11) is 1.91. The Morgan fingerprint density at radius 2 is 1.77 bits per heavy atom. The van der Waals surface area contributed by atoms with Gasteiger partial charge in [0.2, 0.25) is 0 Å². The molecular formula is C24H32FN5O. The molecule has 0 radical (unpaired) electrons. The van der Waals surface area contributed by atoms with Gasteiger partial charge in [0, 0.05) is 51.0 Å². The third-order valence-electron chi connectivity index (χ3n) is 6.66. The summed E-state index contributed by atoms with van der Waals surface area (Å²) in [6, 6.07) is 6.46. The lowest BCUT2D eigenvalue weighted by Gasteiger charge is -2.36. The van der Waals surface area contributed by atoms with Crippen molar-refractivity contribution in [3.05, 3.63) is 41.8 Å². The van der Waals surface area contributed by atoms with Crippen LogP contribution in [0.1, 0.15) is 49.4 Å². The minimum absolute atomic E-state index is 0.00882. The second-order valence-electron chi connectivity index (χ2n) is 8.57. The predicted octanol–water partition coefficient (Wildman–Crippen LogP) is 3.83. The highest BCUT2D eigenvalue weighted by Gasteiger charge is 2.28. The molecule has 6 nitrogen and oxygen atoms in total. The largest absolute Gasteiger partial charge is 0.353 e. The molecule has 1 aliphatic heterocycles. The molecule has 0 N–H and O–H groups in total. The summed E-state index contributed by atoms with van der Waals surface area (Å²) in [6.45, 7) is 6.72. The van der Waals surface area contributed by atoms with Crippen LogP contribution in [0.15, 0.2) is 30.5 Å². The van der Waals surface area contributed by atoms with Crippen molar-refractivity contribution in [2.45, 2.75) is 45.1 Å². The molecule has 0 bridgehead atoms. The van der Waals surface area contributed by atoms with Crippen LogP contribution in [-0.4, -0.2) is 71.5 Å². The highest BCUT2D eigenvalue weighted by Crippen LogP contribution is 2.28. The summed E-state index contributed by atoms with van der Waals surface area (Å²) in [5.41, 5.74) is 1.30. The molecule has 4 rings (SSSR count). The maximum Gasteiger partial charge on any atom is 0.259 e. The van der Waals surface area contributed by atoms with Crippen LogP contribution in [0.3, 0.4) is 0 Å². The number of halogens is 1. The number of anilines is 1. The molecule has 0 unspecified atom stereocenters. The number of piperazine rings is 1. The smallest absolute Gasteiger partial charge is 0.259 e. The van der Waals surface area contributed by atoms with Crippen LogP contribution in [-0.2, 0) is 0 Å². The van der Waals surface area contributed by atoms with Crippen molar-refractivity contribution in [3.8, 4) is 11.4 Å². The van der Waals surface area contributed by atoms with E-state index in [1.54, 1.807) is 18.3 Å². The van der Waals surface area contributed by atoms with Crippen molar-refractivity contribution in [3.63, 3.8) is 0 Å². The van der Waals surface area contributed by atoms with Crippen molar-refractivity contribution >= 4 is 11.7 Å². The van der Waals surface area contributed by atoms with Crippen molar-refractivity contribution < 1.29 is 9.18 Å². The van der Waals surface area contributed by atoms with E-state index >= 15 is 0 Å². The van der Waals surface area contributed by atoms with E-state index in [1.165, 1.54) is 31.4 Å². The standard InChI is InChI=1S/C24H32FN5O/c1-3-29-13-15-30(16-14-29)23-21(24(31)28(2)20-7-5-4-6-8-20)17-26-22(27-23)18-9-11-19(25)12-10-18/h9-12,17,20H,3-8,13-16H2,1-2H3. The third kappa shape index (κ3) is 4.87. The number of aromatic nitrogens is 2. The first-order valence-electron chi connectivity index (χ1n) is 11.4. The molecule has 1 aromatic carbocycles. The second-order valence-corrected chi connectivity index (χ2v) is 8.57. The van der Waals surface area contributed by atoms with E-state index in [-0.39, 0.29) is 17.8 Å². The van der Waals surface area contributed by atoms with Gasteiger partial charge in [-0.15, -0.1) is 0 Å². The SMILES string of the molecule is CCN1CCN(c2nc(-c3ccc(F)cc3)ncc2C(=O)N(C)C2CCCCC2)CC1. The van der Waals surface area contributed by atoms with Crippen molar-refractivity contribution in [2.75, 3.05) is 44.7 Å². The molecule has 1 aromatic heterocycles. The average Bonchev–Trinajstić information content (AvgIpc) is 2.84. The van der Waals surface area contributed by atoms with Gasteiger partial charge in [0.25, 0.3) is 5.91 Å². The number of carbonyl (C=O) groups is 1. The Labute approximate surface area is 184 Å². The molecule has 2 fully saturated rings. The molecule has 1 aliphatic carbocycles. The lowest BCUT2D eigenvalue weighted by Crippen LogP contribution is -2.47. The van der Waals surface area contributed by atoms with Crippen LogP contribution in [0.4, 0.5) is 10.2 Å². The first-order chi connectivity index (χ1) is 15.1. The topological polar surface area (TPSA) is 52.6 Å². The van der Waals surface area contributed by atoms with Gasteiger partial charge in [0.05, 0.1) is 0 Å². The van der Waals surface area contributed by atoms with E-state index in [9.17, 15) is 9.18 Å². The van der Waals surface area contributed by atoms with E-state index in [0.29, 0.717) is 17.2 Å². The highest BCUT2D eigenvalue weighted by atomic mass is 19.1. The fourth-order valence-corrected chi connectivity index (χ4v) is 4.60. The number of hydrogen-bond acceptors (Lipinski definition) is 5. The molecular weight excluding hydrogens is 393 g/mol. The third-order valence-corrected chi connectivity index (χ3v) is 6.66. The van der Waals surface area contributed by atoms with Gasteiger partial charge >= 0.3 is 0 Å². The quantitative estimate of drug-likeness (QED) is 0.729. The van der Waals surface area contributed by atoms with Gasteiger partial charge in [0.1, 0.15) is 17.2 Å². The zero-order valence-corrected chi connectivity index (χ0v) is 18.6. The zero-order chi connectivity index (χ0) is 21.8. The van der Waals surface area contributed by atoms with Crippen molar-refractivity contribution in [1.29, 1.82) is 0 Å². The number of nitrogens with zero attached hydrogens (tertiary/aromatic N) is 5.